The summed E-state index contributed by atoms with van der Waals surface area (Å²) < 4.78 is 5.27. The average Bonchev–Trinajstić information content (AvgIpc) is 2.78. The van der Waals surface area contributed by atoms with Crippen molar-refractivity contribution in [3.05, 3.63) is 101 Å². The van der Waals surface area contributed by atoms with Crippen molar-refractivity contribution in [1.82, 2.24) is 0 Å². The Kier molecular flexibility index (Phi) is 7.39. The number of anilines is 1. The van der Waals surface area contributed by atoms with Gasteiger partial charge in [-0.05, 0) is 53.6 Å². The molecule has 0 saturated heterocycles. The number of rotatable bonds is 8. The van der Waals surface area contributed by atoms with Crippen molar-refractivity contribution >= 4 is 17.6 Å². The fraction of sp³-hybridized carbons (Fsp3) is 0.231. The maximum Gasteiger partial charge on any atom is 0.338 e. The first kappa shape index (κ1) is 21.3. The van der Waals surface area contributed by atoms with Crippen molar-refractivity contribution in [3.8, 4) is 0 Å². The van der Waals surface area contributed by atoms with Crippen LogP contribution < -0.4 is 5.32 Å². The van der Waals surface area contributed by atoms with Crippen LogP contribution in [0.1, 0.15) is 53.2 Å². The molecule has 0 fully saturated rings. The minimum Gasteiger partial charge on any atom is -0.452 e. The number of nitrogens with one attached hydrogen (secondary N) is 1. The first-order valence-corrected chi connectivity index (χ1v) is 10.3. The minimum absolute atomic E-state index is 0.328. The molecule has 0 aromatic heterocycles. The Hall–Kier alpha value is -3.40. The second-order valence-electron chi connectivity index (χ2n) is 7.38. The molecule has 0 aliphatic heterocycles. The first-order valence-electron chi connectivity index (χ1n) is 10.3. The van der Waals surface area contributed by atoms with Gasteiger partial charge < -0.3 is 10.1 Å². The van der Waals surface area contributed by atoms with E-state index in [1.807, 2.05) is 66.7 Å². The summed E-state index contributed by atoms with van der Waals surface area (Å²) in [4.78, 5) is 24.8. The number of carbonyl (C=O) groups excluding carboxylic acids is 2. The molecule has 4 heteroatoms. The van der Waals surface area contributed by atoms with Crippen molar-refractivity contribution < 1.29 is 14.3 Å². The van der Waals surface area contributed by atoms with Crippen LogP contribution in [0, 0.1) is 0 Å². The number of hydrogen-bond acceptors (Lipinski definition) is 3. The number of ether oxygens (including phenoxy) is 1. The fourth-order valence-electron chi connectivity index (χ4n) is 3.23. The topological polar surface area (TPSA) is 55.4 Å². The molecular weight excluding hydrogens is 374 g/mol. The molecule has 0 bridgehead atoms. The van der Waals surface area contributed by atoms with Gasteiger partial charge >= 0.3 is 5.97 Å². The third-order valence-corrected chi connectivity index (χ3v) is 5.18. The van der Waals surface area contributed by atoms with E-state index < -0.39 is 5.97 Å². The molecule has 30 heavy (non-hydrogen) atoms. The Bertz CT molecular complexity index is 981. The summed E-state index contributed by atoms with van der Waals surface area (Å²) in [5.41, 5.74) is 4.38. The van der Waals surface area contributed by atoms with E-state index in [1.54, 1.807) is 12.1 Å². The molecule has 0 saturated carbocycles. The monoisotopic (exact) mass is 401 g/mol. The van der Waals surface area contributed by atoms with Gasteiger partial charge in [-0.25, -0.2) is 4.79 Å². The van der Waals surface area contributed by atoms with E-state index >= 15 is 0 Å². The van der Waals surface area contributed by atoms with Crippen molar-refractivity contribution in [2.24, 2.45) is 0 Å². The van der Waals surface area contributed by atoms with Gasteiger partial charge in [0.2, 0.25) is 0 Å². The Morgan fingerprint density at radius 1 is 0.900 bits per heavy atom. The van der Waals surface area contributed by atoms with Crippen LogP contribution in [0.3, 0.4) is 0 Å². The van der Waals surface area contributed by atoms with Crippen LogP contribution in [0.25, 0.3) is 0 Å². The summed E-state index contributed by atoms with van der Waals surface area (Å²) in [5.74, 6) is -0.379. The van der Waals surface area contributed by atoms with Crippen molar-refractivity contribution in [2.45, 2.75) is 32.6 Å². The predicted octanol–water partition coefficient (Wildman–Crippen LogP) is 5.59. The Labute approximate surface area is 177 Å². The summed E-state index contributed by atoms with van der Waals surface area (Å²) in [6.45, 7) is 3.99. The molecule has 0 aliphatic carbocycles. The van der Waals surface area contributed by atoms with Crippen molar-refractivity contribution in [1.29, 1.82) is 0 Å². The van der Waals surface area contributed by atoms with E-state index in [0.29, 0.717) is 23.6 Å². The maximum absolute atomic E-state index is 12.6. The normalized spacial score (nSPS) is 11.5. The highest BCUT2D eigenvalue weighted by Crippen LogP contribution is 2.20. The molecule has 0 aliphatic rings. The number of esters is 1. The van der Waals surface area contributed by atoms with Crippen LogP contribution in [0.4, 0.5) is 5.69 Å². The van der Waals surface area contributed by atoms with Gasteiger partial charge in [-0.1, -0.05) is 74.5 Å². The van der Waals surface area contributed by atoms with Gasteiger partial charge in [0.15, 0.2) is 6.61 Å². The van der Waals surface area contributed by atoms with Crippen LogP contribution >= 0.6 is 0 Å². The summed E-state index contributed by atoms with van der Waals surface area (Å²) >= 11 is 0. The highest BCUT2D eigenvalue weighted by Gasteiger charge is 2.14. The lowest BCUT2D eigenvalue weighted by Gasteiger charge is -2.11. The van der Waals surface area contributed by atoms with E-state index in [-0.39, 0.29) is 12.5 Å². The zero-order valence-electron chi connectivity index (χ0n) is 17.4. The molecule has 0 heterocycles. The van der Waals surface area contributed by atoms with Gasteiger partial charge in [-0.15, -0.1) is 0 Å². The van der Waals surface area contributed by atoms with Gasteiger partial charge in [0, 0.05) is 5.69 Å². The van der Waals surface area contributed by atoms with Crippen LogP contribution in [0.2, 0.25) is 0 Å². The molecular formula is C26H27NO3. The van der Waals surface area contributed by atoms with E-state index in [4.69, 9.17) is 4.74 Å². The third-order valence-electron chi connectivity index (χ3n) is 5.18. The zero-order valence-corrected chi connectivity index (χ0v) is 17.4. The van der Waals surface area contributed by atoms with Crippen LogP contribution in [0.5, 0.6) is 0 Å². The maximum atomic E-state index is 12.6. The molecule has 0 radical (unpaired) electrons. The molecule has 1 atom stereocenters. The third kappa shape index (κ3) is 5.80. The van der Waals surface area contributed by atoms with Gasteiger partial charge in [0.1, 0.15) is 0 Å². The second-order valence-corrected chi connectivity index (χ2v) is 7.38. The van der Waals surface area contributed by atoms with Gasteiger partial charge in [-0.2, -0.15) is 0 Å². The van der Waals surface area contributed by atoms with Gasteiger partial charge in [-0.3, -0.25) is 4.79 Å². The summed E-state index contributed by atoms with van der Waals surface area (Å²) in [5, 5.41) is 2.77. The van der Waals surface area contributed by atoms with E-state index in [1.165, 1.54) is 5.56 Å². The lowest BCUT2D eigenvalue weighted by atomic mass is 9.99. The quantitative estimate of drug-likeness (QED) is 0.501. The molecule has 1 N–H and O–H groups in total. The molecule has 3 aromatic carbocycles. The van der Waals surface area contributed by atoms with E-state index in [2.05, 4.69) is 19.2 Å². The highest BCUT2D eigenvalue weighted by atomic mass is 16.5. The van der Waals surface area contributed by atoms with E-state index in [9.17, 15) is 9.59 Å². The average molecular weight is 402 g/mol. The molecule has 1 amide bonds. The Balaban J connectivity index is 1.57. The highest BCUT2D eigenvalue weighted by molar-refractivity contribution is 5.96. The second kappa shape index (κ2) is 10.4. The SMILES string of the molecule is CC[C@@H](C)c1ccc(NC(=O)COC(=O)c2ccccc2Cc2ccccc2)cc1. The summed E-state index contributed by atoms with van der Waals surface area (Å²) in [6.07, 6.45) is 1.69. The van der Waals surface area contributed by atoms with Crippen LogP contribution in [-0.4, -0.2) is 18.5 Å². The summed E-state index contributed by atoms with van der Waals surface area (Å²) in [7, 11) is 0. The lowest BCUT2D eigenvalue weighted by Crippen LogP contribution is -2.21. The Morgan fingerprint density at radius 2 is 1.57 bits per heavy atom. The van der Waals surface area contributed by atoms with Crippen molar-refractivity contribution in [3.63, 3.8) is 0 Å². The van der Waals surface area contributed by atoms with Crippen LogP contribution in [0.15, 0.2) is 78.9 Å². The Morgan fingerprint density at radius 3 is 2.27 bits per heavy atom. The number of carbonyl (C=O) groups is 2. The zero-order chi connectivity index (χ0) is 21.3. The molecule has 0 spiro atoms. The van der Waals surface area contributed by atoms with Gasteiger partial charge in [0.25, 0.3) is 5.91 Å². The standard InChI is InChI=1S/C26H27NO3/c1-3-19(2)21-13-15-23(16-14-21)27-25(28)18-30-26(29)24-12-8-7-11-22(24)17-20-9-5-4-6-10-20/h4-16,19H,3,17-18H2,1-2H3,(H,27,28)/t19-/m1/s1. The van der Waals surface area contributed by atoms with Crippen molar-refractivity contribution in [2.75, 3.05) is 11.9 Å². The van der Waals surface area contributed by atoms with Crippen LogP contribution in [-0.2, 0) is 16.0 Å². The first-order chi connectivity index (χ1) is 14.6. The molecule has 154 valence electrons. The lowest BCUT2D eigenvalue weighted by molar-refractivity contribution is -0.119. The number of benzene rings is 3. The number of hydrogen-bond donors (Lipinski definition) is 1. The molecule has 0 unspecified atom stereocenters. The minimum atomic E-state index is -0.496. The van der Waals surface area contributed by atoms with E-state index in [0.717, 1.165) is 17.5 Å². The fourth-order valence-corrected chi connectivity index (χ4v) is 3.23. The summed E-state index contributed by atoms with van der Waals surface area (Å²) in [6, 6.07) is 25.0. The smallest absolute Gasteiger partial charge is 0.338 e. The number of amides is 1. The predicted molar refractivity (Wildman–Crippen MR) is 120 cm³/mol. The molecule has 3 aromatic rings. The molecule has 4 nitrogen and oxygen atoms in total. The van der Waals surface area contributed by atoms with Gasteiger partial charge in [0.05, 0.1) is 5.56 Å². The molecule has 3 rings (SSSR count). The largest absolute Gasteiger partial charge is 0.452 e.